The monoisotopic (exact) mass is 249 g/mol. The number of hydrogen-bond donors (Lipinski definition) is 1. The SMILES string of the molecule is CC.CC(C)S(=O)Nc1ccc(F)cc1F. The van der Waals surface area contributed by atoms with Crippen LogP contribution in [0.3, 0.4) is 0 Å². The lowest BCUT2D eigenvalue weighted by molar-refractivity contribution is 0.586. The van der Waals surface area contributed by atoms with Crippen molar-refractivity contribution >= 4 is 16.7 Å². The summed E-state index contributed by atoms with van der Waals surface area (Å²) in [5.74, 6) is -1.39. The lowest BCUT2D eigenvalue weighted by Crippen LogP contribution is -2.15. The molecule has 2 nitrogen and oxygen atoms in total. The van der Waals surface area contributed by atoms with Crippen molar-refractivity contribution in [3.05, 3.63) is 29.8 Å². The largest absolute Gasteiger partial charge is 0.302 e. The van der Waals surface area contributed by atoms with Crippen molar-refractivity contribution in [3.63, 3.8) is 0 Å². The van der Waals surface area contributed by atoms with Crippen LogP contribution in [0.15, 0.2) is 18.2 Å². The fraction of sp³-hybridized carbons (Fsp3) is 0.455. The lowest BCUT2D eigenvalue weighted by Gasteiger charge is -2.09. The summed E-state index contributed by atoms with van der Waals surface area (Å²) in [5, 5.41) is -0.126. The molecule has 0 heterocycles. The molecule has 0 fully saturated rings. The lowest BCUT2D eigenvalue weighted by atomic mass is 10.3. The van der Waals surface area contributed by atoms with E-state index in [1.54, 1.807) is 13.8 Å². The maximum atomic E-state index is 13.0. The molecule has 1 aromatic rings. The van der Waals surface area contributed by atoms with Gasteiger partial charge in [0.2, 0.25) is 0 Å². The van der Waals surface area contributed by atoms with Crippen molar-refractivity contribution in [2.75, 3.05) is 4.72 Å². The Morgan fingerprint density at radius 1 is 1.25 bits per heavy atom. The van der Waals surface area contributed by atoms with Crippen LogP contribution in [0.1, 0.15) is 27.7 Å². The minimum atomic E-state index is -1.35. The molecule has 1 N–H and O–H groups in total. The van der Waals surface area contributed by atoms with Gasteiger partial charge in [0.1, 0.15) is 22.6 Å². The van der Waals surface area contributed by atoms with Gasteiger partial charge in [-0.2, -0.15) is 0 Å². The molecule has 0 aromatic heterocycles. The third-order valence-corrected chi connectivity index (χ3v) is 2.85. The van der Waals surface area contributed by atoms with E-state index in [0.717, 1.165) is 12.1 Å². The fourth-order valence-electron chi connectivity index (χ4n) is 0.798. The predicted molar refractivity (Wildman–Crippen MR) is 64.6 cm³/mol. The Hall–Kier alpha value is -0.970. The van der Waals surface area contributed by atoms with Crippen molar-refractivity contribution in [3.8, 4) is 0 Å². The van der Waals surface area contributed by atoms with Crippen molar-refractivity contribution in [1.82, 2.24) is 0 Å². The highest BCUT2D eigenvalue weighted by atomic mass is 32.2. The van der Waals surface area contributed by atoms with Gasteiger partial charge in [0, 0.05) is 11.3 Å². The van der Waals surface area contributed by atoms with Crippen molar-refractivity contribution in [2.45, 2.75) is 32.9 Å². The number of nitrogens with one attached hydrogen (secondary N) is 1. The van der Waals surface area contributed by atoms with Crippen molar-refractivity contribution < 1.29 is 13.0 Å². The first-order valence-electron chi connectivity index (χ1n) is 5.13. The second-order valence-corrected chi connectivity index (χ2v) is 4.81. The molecule has 0 aliphatic heterocycles. The van der Waals surface area contributed by atoms with E-state index in [-0.39, 0.29) is 10.9 Å². The topological polar surface area (TPSA) is 29.1 Å². The van der Waals surface area contributed by atoms with Crippen LogP contribution in [0.2, 0.25) is 0 Å². The zero-order chi connectivity index (χ0) is 12.7. The van der Waals surface area contributed by atoms with E-state index in [0.29, 0.717) is 0 Å². The van der Waals surface area contributed by atoms with Crippen LogP contribution in [-0.2, 0) is 11.0 Å². The van der Waals surface area contributed by atoms with Crippen LogP contribution >= 0.6 is 0 Å². The van der Waals surface area contributed by atoms with Gasteiger partial charge in [0.05, 0.1) is 5.69 Å². The van der Waals surface area contributed by atoms with Gasteiger partial charge in [0.25, 0.3) is 0 Å². The van der Waals surface area contributed by atoms with Crippen molar-refractivity contribution in [2.24, 2.45) is 0 Å². The summed E-state index contributed by atoms with van der Waals surface area (Å²) in [6.07, 6.45) is 0. The van der Waals surface area contributed by atoms with Gasteiger partial charge in [-0.25, -0.2) is 13.0 Å². The summed E-state index contributed by atoms with van der Waals surface area (Å²) in [7, 11) is -1.35. The van der Waals surface area contributed by atoms with Gasteiger partial charge in [-0.15, -0.1) is 0 Å². The fourth-order valence-corrected chi connectivity index (χ4v) is 1.42. The second-order valence-electron chi connectivity index (χ2n) is 3.07. The summed E-state index contributed by atoms with van der Waals surface area (Å²) in [5.41, 5.74) is 0.0541. The molecule has 0 spiro atoms. The number of anilines is 1. The van der Waals surface area contributed by atoms with Crippen LogP contribution in [-0.4, -0.2) is 9.46 Å². The molecule has 0 radical (unpaired) electrons. The summed E-state index contributed by atoms with van der Waals surface area (Å²) in [6, 6.07) is 3.09. The Bertz CT molecular complexity index is 356. The molecule has 1 rings (SSSR count). The van der Waals surface area contributed by atoms with E-state index < -0.39 is 22.6 Å². The number of hydrogen-bond acceptors (Lipinski definition) is 1. The molecule has 0 saturated heterocycles. The quantitative estimate of drug-likeness (QED) is 0.873. The second kappa shape index (κ2) is 7.33. The van der Waals surface area contributed by atoms with Gasteiger partial charge in [-0.1, -0.05) is 13.8 Å². The average Bonchev–Trinajstić information content (AvgIpc) is 2.25. The van der Waals surface area contributed by atoms with Gasteiger partial charge in [0.15, 0.2) is 0 Å². The molecular weight excluding hydrogens is 232 g/mol. The molecule has 92 valence electrons. The summed E-state index contributed by atoms with van der Waals surface area (Å²) >= 11 is 0. The number of rotatable bonds is 3. The summed E-state index contributed by atoms with van der Waals surface area (Å²) < 4.78 is 39.3. The highest BCUT2D eigenvalue weighted by molar-refractivity contribution is 7.86. The van der Waals surface area contributed by atoms with Crippen LogP contribution in [0.25, 0.3) is 0 Å². The number of halogens is 2. The normalized spacial score (nSPS) is 11.7. The molecule has 5 heteroatoms. The first kappa shape index (κ1) is 15.0. The Kier molecular flexibility index (Phi) is 6.88. The van der Waals surface area contributed by atoms with Crippen LogP contribution in [0.4, 0.5) is 14.5 Å². The average molecular weight is 249 g/mol. The Balaban J connectivity index is 0.00000106. The first-order chi connectivity index (χ1) is 7.50. The van der Waals surface area contributed by atoms with Crippen LogP contribution < -0.4 is 4.72 Å². The first-order valence-corrected chi connectivity index (χ1v) is 6.34. The third kappa shape index (κ3) is 4.70. The predicted octanol–water partition coefficient (Wildman–Crippen LogP) is 3.48. The molecule has 0 bridgehead atoms. The molecule has 0 amide bonds. The van der Waals surface area contributed by atoms with Crippen molar-refractivity contribution in [1.29, 1.82) is 0 Å². The van der Waals surface area contributed by atoms with Gasteiger partial charge in [-0.3, -0.25) is 0 Å². The molecule has 0 saturated carbocycles. The molecular formula is C11H17F2NOS. The maximum Gasteiger partial charge on any atom is 0.150 e. The molecule has 0 aliphatic carbocycles. The van der Waals surface area contributed by atoms with E-state index in [1.165, 1.54) is 6.07 Å². The standard InChI is InChI=1S/C9H11F2NOS.C2H6/c1-6(2)14(13)12-9-4-3-7(10)5-8(9)11;1-2/h3-6,12H,1-2H3;1-2H3. The highest BCUT2D eigenvalue weighted by Crippen LogP contribution is 2.16. The Labute approximate surface area is 97.7 Å². The maximum absolute atomic E-state index is 13.0. The summed E-state index contributed by atoms with van der Waals surface area (Å²) in [4.78, 5) is 0. The van der Waals surface area contributed by atoms with E-state index in [1.807, 2.05) is 13.8 Å². The minimum Gasteiger partial charge on any atom is -0.302 e. The summed E-state index contributed by atoms with van der Waals surface area (Å²) in [6.45, 7) is 7.48. The van der Waals surface area contributed by atoms with E-state index in [9.17, 15) is 13.0 Å². The number of benzene rings is 1. The van der Waals surface area contributed by atoms with E-state index in [2.05, 4.69) is 4.72 Å². The minimum absolute atomic E-state index is 0.0541. The highest BCUT2D eigenvalue weighted by Gasteiger charge is 2.09. The molecule has 1 aromatic carbocycles. The Morgan fingerprint density at radius 3 is 2.25 bits per heavy atom. The third-order valence-electron chi connectivity index (χ3n) is 1.57. The van der Waals surface area contributed by atoms with E-state index in [4.69, 9.17) is 0 Å². The zero-order valence-electron chi connectivity index (χ0n) is 9.88. The molecule has 16 heavy (non-hydrogen) atoms. The van der Waals surface area contributed by atoms with Crippen LogP contribution in [0.5, 0.6) is 0 Å². The Morgan fingerprint density at radius 2 is 1.81 bits per heavy atom. The molecule has 1 unspecified atom stereocenters. The molecule has 1 atom stereocenters. The molecule has 0 aliphatic rings. The van der Waals surface area contributed by atoms with Crippen LogP contribution in [0, 0.1) is 11.6 Å². The van der Waals surface area contributed by atoms with E-state index >= 15 is 0 Å². The van der Waals surface area contributed by atoms with Gasteiger partial charge < -0.3 is 4.72 Å². The van der Waals surface area contributed by atoms with Gasteiger partial charge >= 0.3 is 0 Å². The smallest absolute Gasteiger partial charge is 0.150 e. The van der Waals surface area contributed by atoms with Gasteiger partial charge in [-0.05, 0) is 26.0 Å². The zero-order valence-corrected chi connectivity index (χ0v) is 10.7.